The van der Waals surface area contributed by atoms with Crippen LogP contribution >= 0.6 is 0 Å². The van der Waals surface area contributed by atoms with Crippen molar-refractivity contribution in [2.24, 2.45) is 17.6 Å². The highest BCUT2D eigenvalue weighted by Crippen LogP contribution is 2.27. The van der Waals surface area contributed by atoms with Gasteiger partial charge in [0.15, 0.2) is 0 Å². The Labute approximate surface area is 118 Å². The number of benzene rings is 1. The Balaban J connectivity index is 1.76. The Bertz CT molecular complexity index is 411. The number of hydrogen-bond acceptors (Lipinski definition) is 2. The van der Waals surface area contributed by atoms with Gasteiger partial charge in [0, 0.05) is 6.54 Å². The van der Waals surface area contributed by atoms with E-state index >= 15 is 0 Å². The predicted molar refractivity (Wildman–Crippen MR) is 80.1 cm³/mol. The number of nitrogens with two attached hydrogens (primary N) is 1. The van der Waals surface area contributed by atoms with Gasteiger partial charge < -0.3 is 5.73 Å². The van der Waals surface area contributed by atoms with E-state index < -0.39 is 11.0 Å². The van der Waals surface area contributed by atoms with Crippen LogP contribution in [0.2, 0.25) is 0 Å². The van der Waals surface area contributed by atoms with E-state index in [1.165, 1.54) is 31.2 Å². The van der Waals surface area contributed by atoms with Crippen LogP contribution in [-0.4, -0.2) is 17.3 Å². The first-order valence-corrected chi connectivity index (χ1v) is 8.26. The fourth-order valence-corrected chi connectivity index (χ4v) is 3.55. The van der Waals surface area contributed by atoms with Crippen LogP contribution in [0, 0.1) is 18.8 Å². The molecule has 1 aromatic carbocycles. The van der Waals surface area contributed by atoms with Gasteiger partial charge in [0.1, 0.15) is 11.0 Å². The Morgan fingerprint density at radius 1 is 1.16 bits per heavy atom. The van der Waals surface area contributed by atoms with Crippen LogP contribution in [0.1, 0.15) is 31.2 Å². The molecule has 0 saturated heterocycles. The van der Waals surface area contributed by atoms with Crippen molar-refractivity contribution < 1.29 is 4.21 Å². The highest BCUT2D eigenvalue weighted by atomic mass is 32.2. The van der Waals surface area contributed by atoms with E-state index in [9.17, 15) is 4.21 Å². The Morgan fingerprint density at radius 2 is 1.74 bits per heavy atom. The molecule has 1 unspecified atom stereocenters. The molecule has 3 N–H and O–H groups in total. The highest BCUT2D eigenvalue weighted by Gasteiger charge is 2.20. The van der Waals surface area contributed by atoms with Crippen LogP contribution in [0.15, 0.2) is 29.2 Å². The summed E-state index contributed by atoms with van der Waals surface area (Å²) in [6.07, 6.45) is 4.86. The molecule has 0 amide bonds. The third-order valence-corrected chi connectivity index (χ3v) is 5.17. The van der Waals surface area contributed by atoms with Crippen molar-refractivity contribution in [1.29, 1.82) is 0 Å². The first-order chi connectivity index (χ1) is 9.19. The molecule has 0 heterocycles. The molecule has 19 heavy (non-hydrogen) atoms. The molecular weight excluding hydrogens is 256 g/mol. The van der Waals surface area contributed by atoms with Gasteiger partial charge in [-0.15, -0.1) is 0 Å². The molecule has 0 aliphatic heterocycles. The van der Waals surface area contributed by atoms with E-state index in [2.05, 4.69) is 4.72 Å². The molecule has 4 heteroatoms. The third kappa shape index (κ3) is 4.41. The van der Waals surface area contributed by atoms with E-state index in [1.807, 2.05) is 31.2 Å². The van der Waals surface area contributed by atoms with Crippen molar-refractivity contribution in [3.63, 3.8) is 0 Å². The van der Waals surface area contributed by atoms with E-state index in [1.54, 1.807) is 0 Å². The average Bonchev–Trinajstić information content (AvgIpc) is 2.46. The highest BCUT2D eigenvalue weighted by molar-refractivity contribution is 7.83. The van der Waals surface area contributed by atoms with E-state index in [0.717, 1.165) is 18.0 Å². The second-order valence-electron chi connectivity index (χ2n) is 5.55. The van der Waals surface area contributed by atoms with Crippen molar-refractivity contribution in [2.45, 2.75) is 37.5 Å². The molecule has 1 aliphatic carbocycles. The zero-order valence-electron chi connectivity index (χ0n) is 11.6. The zero-order chi connectivity index (χ0) is 13.7. The molecule has 2 rings (SSSR count). The summed E-state index contributed by atoms with van der Waals surface area (Å²) in [5, 5.41) is 0. The lowest BCUT2D eigenvalue weighted by Gasteiger charge is -2.27. The van der Waals surface area contributed by atoms with Gasteiger partial charge in [-0.2, -0.15) is 0 Å². The van der Waals surface area contributed by atoms with Gasteiger partial charge in [-0.25, -0.2) is 8.93 Å². The molecule has 0 spiro atoms. The van der Waals surface area contributed by atoms with Crippen molar-refractivity contribution in [3.8, 4) is 0 Å². The minimum atomic E-state index is -1.08. The first kappa shape index (κ1) is 14.7. The first-order valence-electron chi connectivity index (χ1n) is 7.11. The maximum atomic E-state index is 12.1. The van der Waals surface area contributed by atoms with Crippen molar-refractivity contribution in [3.05, 3.63) is 29.8 Å². The summed E-state index contributed by atoms with van der Waals surface area (Å²) in [7, 11) is -1.08. The van der Waals surface area contributed by atoms with E-state index in [4.69, 9.17) is 5.73 Å². The summed E-state index contributed by atoms with van der Waals surface area (Å²) in [5.41, 5.74) is 6.89. The monoisotopic (exact) mass is 280 g/mol. The van der Waals surface area contributed by atoms with Crippen LogP contribution in [0.5, 0.6) is 0 Å². The molecule has 0 radical (unpaired) electrons. The molecule has 106 valence electrons. The molecule has 0 bridgehead atoms. The van der Waals surface area contributed by atoms with Crippen molar-refractivity contribution in [2.75, 3.05) is 13.1 Å². The summed E-state index contributed by atoms with van der Waals surface area (Å²) < 4.78 is 15.3. The van der Waals surface area contributed by atoms with Crippen LogP contribution in [0.3, 0.4) is 0 Å². The minimum absolute atomic E-state index is 0.650. The Kier molecular flexibility index (Phi) is 5.55. The lowest BCUT2D eigenvalue weighted by molar-refractivity contribution is 0.281. The summed E-state index contributed by atoms with van der Waals surface area (Å²) in [6, 6.07) is 7.87. The zero-order valence-corrected chi connectivity index (χ0v) is 12.4. The second kappa shape index (κ2) is 7.17. The summed E-state index contributed by atoms with van der Waals surface area (Å²) in [4.78, 5) is 0.862. The Morgan fingerprint density at radius 3 is 2.32 bits per heavy atom. The van der Waals surface area contributed by atoms with Crippen LogP contribution in [-0.2, 0) is 11.0 Å². The molecule has 0 aromatic heterocycles. The van der Waals surface area contributed by atoms with E-state index in [0.29, 0.717) is 11.8 Å². The SMILES string of the molecule is Cc1ccc(S(=O)NCC2CCC(CN)CC2)cc1. The molecular formula is C15H24N2OS. The maximum Gasteiger partial charge on any atom is 0.124 e. The lowest BCUT2D eigenvalue weighted by atomic mass is 9.82. The quantitative estimate of drug-likeness (QED) is 0.870. The normalized spacial score (nSPS) is 25.2. The smallest absolute Gasteiger partial charge is 0.124 e. The summed E-state index contributed by atoms with van der Waals surface area (Å²) in [6.45, 7) is 3.70. The van der Waals surface area contributed by atoms with Gasteiger partial charge in [0.25, 0.3) is 0 Å². The average molecular weight is 280 g/mol. The van der Waals surface area contributed by atoms with E-state index in [-0.39, 0.29) is 0 Å². The van der Waals surface area contributed by atoms with Crippen LogP contribution in [0.25, 0.3) is 0 Å². The maximum absolute atomic E-state index is 12.1. The standard InChI is InChI=1S/C15H24N2OS/c1-12-2-8-15(9-3-12)19(18)17-11-14-6-4-13(10-16)5-7-14/h2-3,8-9,13-14,17H,4-7,10-11,16H2,1H3. The molecule has 1 saturated carbocycles. The van der Waals surface area contributed by atoms with Gasteiger partial charge >= 0.3 is 0 Å². The molecule has 1 aliphatic rings. The fraction of sp³-hybridized carbons (Fsp3) is 0.600. The number of nitrogens with one attached hydrogen (secondary N) is 1. The predicted octanol–water partition coefficient (Wildman–Crippen LogP) is 2.37. The molecule has 1 aromatic rings. The van der Waals surface area contributed by atoms with Crippen LogP contribution in [0.4, 0.5) is 0 Å². The summed E-state index contributed by atoms with van der Waals surface area (Å²) in [5.74, 6) is 1.36. The van der Waals surface area contributed by atoms with Crippen LogP contribution < -0.4 is 10.5 Å². The van der Waals surface area contributed by atoms with Crippen molar-refractivity contribution in [1.82, 2.24) is 4.72 Å². The molecule has 1 atom stereocenters. The molecule has 3 nitrogen and oxygen atoms in total. The minimum Gasteiger partial charge on any atom is -0.330 e. The summed E-state index contributed by atoms with van der Waals surface area (Å²) >= 11 is 0. The number of hydrogen-bond donors (Lipinski definition) is 2. The van der Waals surface area contributed by atoms with Gasteiger partial charge in [-0.1, -0.05) is 17.7 Å². The van der Waals surface area contributed by atoms with Crippen molar-refractivity contribution >= 4 is 11.0 Å². The van der Waals surface area contributed by atoms with Gasteiger partial charge in [0.05, 0.1) is 4.90 Å². The largest absolute Gasteiger partial charge is 0.330 e. The second-order valence-corrected chi connectivity index (χ2v) is 6.85. The van der Waals surface area contributed by atoms with Gasteiger partial charge in [-0.05, 0) is 63.1 Å². The third-order valence-electron chi connectivity index (χ3n) is 4.04. The lowest BCUT2D eigenvalue weighted by Crippen LogP contribution is -2.29. The fourth-order valence-electron chi connectivity index (χ4n) is 2.61. The topological polar surface area (TPSA) is 55.1 Å². The molecule has 1 fully saturated rings. The Hall–Kier alpha value is -0.710. The van der Waals surface area contributed by atoms with Gasteiger partial charge in [-0.3, -0.25) is 0 Å². The van der Waals surface area contributed by atoms with Gasteiger partial charge in [0.2, 0.25) is 0 Å². The number of aryl methyl sites for hydroxylation is 1. The number of rotatable bonds is 5.